The lowest BCUT2D eigenvalue weighted by molar-refractivity contribution is -0.140. The Kier molecular flexibility index (Phi) is 3.49. The van der Waals surface area contributed by atoms with Gasteiger partial charge in [0.05, 0.1) is 7.11 Å². The summed E-state index contributed by atoms with van der Waals surface area (Å²) in [5, 5.41) is 3.71. The highest BCUT2D eigenvalue weighted by atomic mass is 35.5. The van der Waals surface area contributed by atoms with Crippen LogP contribution in [0.15, 0.2) is 23.4 Å². The molecule has 0 atom stereocenters. The van der Waals surface area contributed by atoms with Crippen molar-refractivity contribution in [3.8, 4) is 11.5 Å². The molecule has 0 unspecified atom stereocenters. The molecule has 5 nitrogen and oxygen atoms in total. The standard InChI is InChI=1S/C11H10ClNO4/c1-15-7-2-3-8-9(6-16-10(8)4-7)13-17-11(14)5-12/h2-4H,5-6H2,1H3/b13-9-. The van der Waals surface area contributed by atoms with Gasteiger partial charge >= 0.3 is 5.97 Å². The fraction of sp³-hybridized carbons (Fsp3) is 0.273. The molecule has 0 N–H and O–H groups in total. The highest BCUT2D eigenvalue weighted by molar-refractivity contribution is 6.26. The number of nitrogens with zero attached hydrogens (tertiary/aromatic N) is 1. The van der Waals surface area contributed by atoms with Crippen molar-refractivity contribution in [3.63, 3.8) is 0 Å². The quantitative estimate of drug-likeness (QED) is 0.467. The van der Waals surface area contributed by atoms with E-state index in [-0.39, 0.29) is 12.5 Å². The lowest BCUT2D eigenvalue weighted by Crippen LogP contribution is -2.07. The van der Waals surface area contributed by atoms with E-state index in [4.69, 9.17) is 21.1 Å². The molecule has 0 fully saturated rings. The fourth-order valence-electron chi connectivity index (χ4n) is 1.42. The molecule has 1 aliphatic heterocycles. The summed E-state index contributed by atoms with van der Waals surface area (Å²) in [6, 6.07) is 5.34. The Labute approximate surface area is 103 Å². The van der Waals surface area contributed by atoms with E-state index in [1.807, 2.05) is 0 Å². The SMILES string of the molecule is COc1ccc2c(c1)OC/C2=N/OC(=O)CCl. The fourth-order valence-corrected chi connectivity index (χ4v) is 1.47. The topological polar surface area (TPSA) is 57.1 Å². The number of alkyl halides is 1. The molecule has 1 aliphatic rings. The molecule has 0 saturated carbocycles. The molecule has 0 radical (unpaired) electrons. The minimum atomic E-state index is -0.596. The molecule has 1 aromatic carbocycles. The number of benzene rings is 1. The summed E-state index contributed by atoms with van der Waals surface area (Å²) in [5.74, 6) is 0.529. The zero-order valence-corrected chi connectivity index (χ0v) is 9.86. The number of rotatable bonds is 3. The molecule has 0 amide bonds. The van der Waals surface area contributed by atoms with Crippen molar-refractivity contribution in [2.75, 3.05) is 19.6 Å². The van der Waals surface area contributed by atoms with Crippen LogP contribution in [0.1, 0.15) is 5.56 Å². The summed E-state index contributed by atoms with van der Waals surface area (Å²) >= 11 is 5.29. The van der Waals surface area contributed by atoms with Crippen molar-refractivity contribution in [3.05, 3.63) is 23.8 Å². The first-order valence-corrected chi connectivity index (χ1v) is 5.42. The van der Waals surface area contributed by atoms with Crippen molar-refractivity contribution in [2.24, 2.45) is 5.16 Å². The zero-order chi connectivity index (χ0) is 12.3. The first kappa shape index (κ1) is 11.7. The Morgan fingerprint density at radius 3 is 3.12 bits per heavy atom. The number of methoxy groups -OCH3 is 1. The van der Waals surface area contributed by atoms with Gasteiger partial charge in [0.1, 0.15) is 29.7 Å². The van der Waals surface area contributed by atoms with E-state index < -0.39 is 5.97 Å². The molecule has 90 valence electrons. The highest BCUT2D eigenvalue weighted by Gasteiger charge is 2.21. The molecule has 0 aromatic heterocycles. The van der Waals surface area contributed by atoms with Gasteiger partial charge in [0.25, 0.3) is 0 Å². The minimum Gasteiger partial charge on any atom is -0.497 e. The monoisotopic (exact) mass is 255 g/mol. The maximum Gasteiger partial charge on any atom is 0.349 e. The molecular formula is C11H10ClNO4. The molecular weight excluding hydrogens is 246 g/mol. The molecule has 2 rings (SSSR count). The van der Waals surface area contributed by atoms with Crippen LogP contribution in [0.4, 0.5) is 0 Å². The summed E-state index contributed by atoms with van der Waals surface area (Å²) in [5.41, 5.74) is 1.34. The number of carbonyl (C=O) groups is 1. The molecule has 0 aliphatic carbocycles. The van der Waals surface area contributed by atoms with Crippen LogP contribution >= 0.6 is 11.6 Å². The Morgan fingerprint density at radius 2 is 2.41 bits per heavy atom. The van der Waals surface area contributed by atoms with Gasteiger partial charge in [0.2, 0.25) is 0 Å². The van der Waals surface area contributed by atoms with Crippen LogP contribution in [0.5, 0.6) is 11.5 Å². The summed E-state index contributed by atoms with van der Waals surface area (Å²) in [4.78, 5) is 15.5. The van der Waals surface area contributed by atoms with E-state index in [0.29, 0.717) is 17.2 Å². The van der Waals surface area contributed by atoms with Gasteiger partial charge in [-0.05, 0) is 12.1 Å². The van der Waals surface area contributed by atoms with Crippen LogP contribution < -0.4 is 9.47 Å². The van der Waals surface area contributed by atoms with Gasteiger partial charge < -0.3 is 14.3 Å². The van der Waals surface area contributed by atoms with Crippen molar-refractivity contribution >= 4 is 23.3 Å². The van der Waals surface area contributed by atoms with Crippen molar-refractivity contribution in [2.45, 2.75) is 0 Å². The number of halogens is 1. The summed E-state index contributed by atoms with van der Waals surface area (Å²) < 4.78 is 10.5. The van der Waals surface area contributed by atoms with Crippen molar-refractivity contribution in [1.82, 2.24) is 0 Å². The predicted octanol–water partition coefficient (Wildman–Crippen LogP) is 1.57. The second-order valence-electron chi connectivity index (χ2n) is 3.29. The number of hydrogen-bond donors (Lipinski definition) is 0. The normalized spacial score (nSPS) is 15.3. The van der Waals surface area contributed by atoms with Crippen LogP contribution in [0, 0.1) is 0 Å². The average molecular weight is 256 g/mol. The smallest absolute Gasteiger partial charge is 0.349 e. The number of hydrogen-bond acceptors (Lipinski definition) is 5. The van der Waals surface area contributed by atoms with Gasteiger partial charge in [0, 0.05) is 11.6 Å². The molecule has 17 heavy (non-hydrogen) atoms. The molecule has 1 heterocycles. The van der Waals surface area contributed by atoms with Crippen LogP contribution in [-0.4, -0.2) is 31.3 Å². The Morgan fingerprint density at radius 1 is 1.59 bits per heavy atom. The molecule has 0 bridgehead atoms. The third-order valence-electron chi connectivity index (χ3n) is 2.23. The van der Waals surface area contributed by atoms with Gasteiger partial charge in [-0.1, -0.05) is 5.16 Å². The van der Waals surface area contributed by atoms with E-state index >= 15 is 0 Å². The number of carbonyl (C=O) groups excluding carboxylic acids is 1. The number of oxime groups is 1. The van der Waals surface area contributed by atoms with Gasteiger partial charge in [-0.3, -0.25) is 0 Å². The number of ether oxygens (including phenoxy) is 2. The largest absolute Gasteiger partial charge is 0.497 e. The zero-order valence-electron chi connectivity index (χ0n) is 9.10. The van der Waals surface area contributed by atoms with Crippen LogP contribution in [0.2, 0.25) is 0 Å². The third kappa shape index (κ3) is 2.50. The average Bonchev–Trinajstić information content (AvgIpc) is 2.77. The Hall–Kier alpha value is -1.75. The van der Waals surface area contributed by atoms with E-state index in [1.165, 1.54) is 0 Å². The van der Waals surface area contributed by atoms with Gasteiger partial charge in [-0.15, -0.1) is 11.6 Å². The molecule has 0 spiro atoms. The van der Waals surface area contributed by atoms with E-state index in [2.05, 4.69) is 9.99 Å². The van der Waals surface area contributed by atoms with Crippen LogP contribution in [0.25, 0.3) is 0 Å². The summed E-state index contributed by atoms with van der Waals surface area (Å²) in [6.45, 7) is 0.262. The third-order valence-corrected chi connectivity index (χ3v) is 2.45. The second-order valence-corrected chi connectivity index (χ2v) is 3.55. The maximum absolute atomic E-state index is 10.9. The minimum absolute atomic E-state index is 0.229. The van der Waals surface area contributed by atoms with Crippen LogP contribution in [0.3, 0.4) is 0 Å². The lowest BCUT2D eigenvalue weighted by atomic mass is 10.1. The number of fused-ring (bicyclic) bond motifs is 1. The van der Waals surface area contributed by atoms with E-state index in [1.54, 1.807) is 25.3 Å². The van der Waals surface area contributed by atoms with Crippen LogP contribution in [-0.2, 0) is 9.63 Å². The first-order chi connectivity index (χ1) is 8.24. The molecule has 1 aromatic rings. The summed E-state index contributed by atoms with van der Waals surface area (Å²) in [7, 11) is 1.58. The Balaban J connectivity index is 2.19. The van der Waals surface area contributed by atoms with Gasteiger partial charge in [-0.2, -0.15) is 0 Å². The van der Waals surface area contributed by atoms with Crippen molar-refractivity contribution < 1.29 is 19.1 Å². The van der Waals surface area contributed by atoms with Gasteiger partial charge in [-0.25, -0.2) is 4.79 Å². The Bertz CT molecular complexity index is 473. The predicted molar refractivity (Wildman–Crippen MR) is 61.8 cm³/mol. The van der Waals surface area contributed by atoms with Gasteiger partial charge in [0.15, 0.2) is 0 Å². The second kappa shape index (κ2) is 5.05. The first-order valence-electron chi connectivity index (χ1n) is 4.88. The van der Waals surface area contributed by atoms with Crippen molar-refractivity contribution in [1.29, 1.82) is 0 Å². The molecule has 0 saturated heterocycles. The summed E-state index contributed by atoms with van der Waals surface area (Å²) in [6.07, 6.45) is 0. The van der Waals surface area contributed by atoms with E-state index in [9.17, 15) is 4.79 Å². The molecule has 6 heteroatoms. The maximum atomic E-state index is 10.9. The van der Waals surface area contributed by atoms with E-state index in [0.717, 1.165) is 5.56 Å². The highest BCUT2D eigenvalue weighted by Crippen LogP contribution is 2.29. The lowest BCUT2D eigenvalue weighted by Gasteiger charge is -2.01.